The standard InChI is InChI=1S/C16H32O2Si/c1-11(2)13-10-14(17)12(3)9-15(13)18-19(7,8)16(4,5)6/h12-15,17H,1,9-10H2,2-8H3/t12-,13-,14?,15+/m1/s1. The molecule has 0 radical (unpaired) electrons. The summed E-state index contributed by atoms with van der Waals surface area (Å²) in [5.74, 6) is 0.630. The van der Waals surface area contributed by atoms with Crippen LogP contribution in [0.25, 0.3) is 0 Å². The fraction of sp³-hybridized carbons (Fsp3) is 0.875. The van der Waals surface area contributed by atoms with E-state index in [4.69, 9.17) is 4.43 Å². The van der Waals surface area contributed by atoms with Crippen LogP contribution in [0.3, 0.4) is 0 Å². The monoisotopic (exact) mass is 284 g/mol. The van der Waals surface area contributed by atoms with Crippen molar-refractivity contribution in [1.82, 2.24) is 0 Å². The van der Waals surface area contributed by atoms with Crippen LogP contribution in [-0.4, -0.2) is 25.6 Å². The van der Waals surface area contributed by atoms with Gasteiger partial charge in [0.1, 0.15) is 0 Å². The van der Waals surface area contributed by atoms with E-state index in [0.29, 0.717) is 11.8 Å². The molecule has 0 aromatic rings. The zero-order valence-electron chi connectivity index (χ0n) is 13.8. The molecule has 1 fully saturated rings. The smallest absolute Gasteiger partial charge is 0.192 e. The molecular weight excluding hydrogens is 252 g/mol. The number of aliphatic hydroxyl groups excluding tert-OH is 1. The van der Waals surface area contributed by atoms with E-state index in [1.54, 1.807) is 0 Å². The molecule has 1 aliphatic rings. The molecule has 0 amide bonds. The second-order valence-electron chi connectivity index (χ2n) is 7.89. The van der Waals surface area contributed by atoms with E-state index in [-0.39, 0.29) is 17.2 Å². The maximum absolute atomic E-state index is 10.1. The minimum absolute atomic E-state index is 0.207. The van der Waals surface area contributed by atoms with Gasteiger partial charge in [0.05, 0.1) is 12.2 Å². The van der Waals surface area contributed by atoms with Gasteiger partial charge in [0.15, 0.2) is 8.32 Å². The Morgan fingerprint density at radius 3 is 2.21 bits per heavy atom. The highest BCUT2D eigenvalue weighted by Crippen LogP contribution is 2.42. The van der Waals surface area contributed by atoms with Gasteiger partial charge in [0, 0.05) is 5.92 Å². The van der Waals surface area contributed by atoms with Crippen LogP contribution in [-0.2, 0) is 4.43 Å². The Morgan fingerprint density at radius 2 is 1.79 bits per heavy atom. The molecular formula is C16H32O2Si. The molecule has 4 atom stereocenters. The first-order valence-electron chi connectivity index (χ1n) is 7.47. The lowest BCUT2D eigenvalue weighted by Crippen LogP contribution is -2.49. The van der Waals surface area contributed by atoms with Gasteiger partial charge in [0.25, 0.3) is 0 Å². The molecule has 1 aliphatic carbocycles. The topological polar surface area (TPSA) is 29.5 Å². The van der Waals surface area contributed by atoms with Gasteiger partial charge in [-0.1, -0.05) is 39.8 Å². The Hall–Kier alpha value is -0.123. The Balaban J connectivity index is 2.87. The number of hydrogen-bond donors (Lipinski definition) is 1. The molecule has 0 spiro atoms. The molecule has 112 valence electrons. The molecule has 1 N–H and O–H groups in total. The van der Waals surface area contributed by atoms with Gasteiger partial charge in [-0.3, -0.25) is 0 Å². The second kappa shape index (κ2) is 5.70. The lowest BCUT2D eigenvalue weighted by atomic mass is 9.76. The summed E-state index contributed by atoms with van der Waals surface area (Å²) in [5.41, 5.74) is 1.15. The molecule has 0 saturated heterocycles. The summed E-state index contributed by atoms with van der Waals surface area (Å²) in [6.45, 7) is 19.7. The third-order valence-electron chi connectivity index (χ3n) is 5.09. The van der Waals surface area contributed by atoms with E-state index in [0.717, 1.165) is 18.4 Å². The summed E-state index contributed by atoms with van der Waals surface area (Å²) in [4.78, 5) is 0. The van der Waals surface area contributed by atoms with E-state index in [2.05, 4.69) is 54.3 Å². The largest absolute Gasteiger partial charge is 0.413 e. The number of aliphatic hydroxyl groups is 1. The summed E-state index contributed by atoms with van der Waals surface area (Å²) < 4.78 is 6.60. The Kier molecular flexibility index (Phi) is 5.08. The molecule has 0 bridgehead atoms. The van der Waals surface area contributed by atoms with E-state index >= 15 is 0 Å². The fourth-order valence-electron chi connectivity index (χ4n) is 2.54. The van der Waals surface area contributed by atoms with Gasteiger partial charge < -0.3 is 9.53 Å². The van der Waals surface area contributed by atoms with Crippen molar-refractivity contribution in [3.05, 3.63) is 12.2 Å². The predicted octanol–water partition coefficient (Wildman–Crippen LogP) is 4.36. The van der Waals surface area contributed by atoms with Gasteiger partial charge in [0.2, 0.25) is 0 Å². The fourth-order valence-corrected chi connectivity index (χ4v) is 3.91. The molecule has 1 rings (SSSR count). The first-order valence-corrected chi connectivity index (χ1v) is 10.4. The quantitative estimate of drug-likeness (QED) is 0.616. The lowest BCUT2D eigenvalue weighted by molar-refractivity contribution is -0.00894. The van der Waals surface area contributed by atoms with Crippen LogP contribution in [0.15, 0.2) is 12.2 Å². The van der Waals surface area contributed by atoms with Gasteiger partial charge >= 0.3 is 0 Å². The van der Waals surface area contributed by atoms with Crippen molar-refractivity contribution in [2.24, 2.45) is 11.8 Å². The third-order valence-corrected chi connectivity index (χ3v) is 9.59. The first-order chi connectivity index (χ1) is 8.45. The van der Waals surface area contributed by atoms with Crippen LogP contribution in [0.4, 0.5) is 0 Å². The maximum atomic E-state index is 10.1. The van der Waals surface area contributed by atoms with Gasteiger partial charge in [-0.15, -0.1) is 0 Å². The average molecular weight is 285 g/mol. The summed E-state index contributed by atoms with van der Waals surface area (Å²) in [7, 11) is -1.75. The maximum Gasteiger partial charge on any atom is 0.192 e. The van der Waals surface area contributed by atoms with Crippen molar-refractivity contribution >= 4 is 8.32 Å². The zero-order chi connectivity index (χ0) is 15.0. The van der Waals surface area contributed by atoms with Crippen LogP contribution in [0.2, 0.25) is 18.1 Å². The minimum Gasteiger partial charge on any atom is -0.413 e. The minimum atomic E-state index is -1.75. The van der Waals surface area contributed by atoms with E-state index in [9.17, 15) is 5.11 Å². The normalized spacial score (nSPS) is 33.3. The highest BCUT2D eigenvalue weighted by Gasteiger charge is 2.43. The molecule has 0 aromatic heterocycles. The van der Waals surface area contributed by atoms with E-state index < -0.39 is 8.32 Å². The van der Waals surface area contributed by atoms with Crippen molar-refractivity contribution in [3.8, 4) is 0 Å². The summed E-state index contributed by atoms with van der Waals surface area (Å²) in [6, 6.07) is 0. The van der Waals surface area contributed by atoms with Crippen LogP contribution >= 0.6 is 0 Å². The zero-order valence-corrected chi connectivity index (χ0v) is 14.8. The van der Waals surface area contributed by atoms with Crippen molar-refractivity contribution in [1.29, 1.82) is 0 Å². The van der Waals surface area contributed by atoms with Crippen LogP contribution in [0.5, 0.6) is 0 Å². The molecule has 1 unspecified atom stereocenters. The predicted molar refractivity (Wildman–Crippen MR) is 84.8 cm³/mol. The molecule has 2 nitrogen and oxygen atoms in total. The first kappa shape index (κ1) is 16.9. The molecule has 0 aromatic carbocycles. The van der Waals surface area contributed by atoms with Crippen molar-refractivity contribution in [2.75, 3.05) is 0 Å². The van der Waals surface area contributed by atoms with Crippen LogP contribution in [0.1, 0.15) is 47.5 Å². The summed E-state index contributed by atoms with van der Waals surface area (Å²) in [5, 5.41) is 10.3. The van der Waals surface area contributed by atoms with Crippen molar-refractivity contribution < 1.29 is 9.53 Å². The van der Waals surface area contributed by atoms with E-state index in [1.807, 2.05) is 0 Å². The summed E-state index contributed by atoms with van der Waals surface area (Å²) >= 11 is 0. The third kappa shape index (κ3) is 3.93. The van der Waals surface area contributed by atoms with Crippen LogP contribution < -0.4 is 0 Å². The van der Waals surface area contributed by atoms with Gasteiger partial charge in [-0.2, -0.15) is 0 Å². The average Bonchev–Trinajstić information content (AvgIpc) is 2.20. The Bertz CT molecular complexity index is 330. The number of rotatable bonds is 3. The van der Waals surface area contributed by atoms with E-state index in [1.165, 1.54) is 0 Å². The molecule has 0 heterocycles. The molecule has 1 saturated carbocycles. The highest BCUT2D eigenvalue weighted by molar-refractivity contribution is 6.74. The van der Waals surface area contributed by atoms with Crippen LogP contribution in [0, 0.1) is 11.8 Å². The lowest BCUT2D eigenvalue weighted by Gasteiger charge is -2.45. The highest BCUT2D eigenvalue weighted by atomic mass is 28.4. The SMILES string of the molecule is C=C(C)[C@H]1CC(O)[C@H](C)C[C@@H]1O[Si](C)(C)C(C)(C)C. The number of hydrogen-bond acceptors (Lipinski definition) is 2. The second-order valence-corrected chi connectivity index (χ2v) is 12.6. The Morgan fingerprint density at radius 1 is 1.26 bits per heavy atom. The molecule has 19 heavy (non-hydrogen) atoms. The van der Waals surface area contributed by atoms with Gasteiger partial charge in [-0.25, -0.2) is 0 Å². The molecule has 0 aliphatic heterocycles. The van der Waals surface area contributed by atoms with Crippen molar-refractivity contribution in [2.45, 2.75) is 77.8 Å². The molecule has 3 heteroatoms. The van der Waals surface area contributed by atoms with Crippen molar-refractivity contribution in [3.63, 3.8) is 0 Å². The summed E-state index contributed by atoms with van der Waals surface area (Å²) in [6.07, 6.45) is 1.78. The Labute approximate surface area is 120 Å². The van der Waals surface area contributed by atoms with Gasteiger partial charge in [-0.05, 0) is 43.8 Å².